The van der Waals surface area contributed by atoms with Crippen LogP contribution in [0.25, 0.3) is 5.82 Å². The molecule has 0 atom stereocenters. The topological polar surface area (TPSA) is 69.0 Å². The molecule has 6 nitrogen and oxygen atoms in total. The number of nitrogens with one attached hydrogen (secondary N) is 1. The van der Waals surface area contributed by atoms with Crippen LogP contribution in [0.15, 0.2) is 55.0 Å². The van der Waals surface area contributed by atoms with Crippen molar-refractivity contribution in [3.8, 4) is 11.6 Å². The maximum Gasteiger partial charge on any atom is 0.262 e. The number of aromatic nitrogens is 3. The molecule has 1 aromatic carbocycles. The predicted octanol–water partition coefficient (Wildman–Crippen LogP) is 2.90. The second-order valence-electron chi connectivity index (χ2n) is 5.43. The van der Waals surface area contributed by atoms with E-state index in [4.69, 9.17) is 4.74 Å². The summed E-state index contributed by atoms with van der Waals surface area (Å²) in [6.07, 6.45) is 5.08. The first-order chi connectivity index (χ1) is 11.6. The van der Waals surface area contributed by atoms with Crippen molar-refractivity contribution >= 4 is 11.6 Å². The van der Waals surface area contributed by atoms with E-state index < -0.39 is 0 Å². The van der Waals surface area contributed by atoms with E-state index in [-0.39, 0.29) is 12.5 Å². The molecule has 0 unspecified atom stereocenters. The van der Waals surface area contributed by atoms with Crippen LogP contribution in [0.1, 0.15) is 11.1 Å². The first kappa shape index (κ1) is 15.7. The lowest BCUT2D eigenvalue weighted by Gasteiger charge is -2.12. The van der Waals surface area contributed by atoms with Gasteiger partial charge in [-0.2, -0.15) is 5.10 Å². The summed E-state index contributed by atoms with van der Waals surface area (Å²) in [7, 11) is 0. The van der Waals surface area contributed by atoms with Gasteiger partial charge in [0.2, 0.25) is 0 Å². The largest absolute Gasteiger partial charge is 0.483 e. The first-order valence-corrected chi connectivity index (χ1v) is 7.58. The SMILES string of the molecule is Cc1ccc(C)c(OCC(=O)Nc2cccnc2-n2cccn2)c1. The molecule has 0 aliphatic carbocycles. The van der Waals surface area contributed by atoms with Crippen LogP contribution in [0.2, 0.25) is 0 Å². The lowest BCUT2D eigenvalue weighted by molar-refractivity contribution is -0.118. The van der Waals surface area contributed by atoms with Gasteiger partial charge in [-0.05, 0) is 49.2 Å². The summed E-state index contributed by atoms with van der Waals surface area (Å²) in [5.41, 5.74) is 2.66. The molecule has 122 valence electrons. The summed E-state index contributed by atoms with van der Waals surface area (Å²) >= 11 is 0. The normalized spacial score (nSPS) is 10.4. The van der Waals surface area contributed by atoms with Crippen LogP contribution >= 0.6 is 0 Å². The number of pyridine rings is 1. The maximum atomic E-state index is 12.2. The zero-order chi connectivity index (χ0) is 16.9. The predicted molar refractivity (Wildman–Crippen MR) is 91.4 cm³/mol. The Morgan fingerprint density at radius 1 is 1.21 bits per heavy atom. The summed E-state index contributed by atoms with van der Waals surface area (Å²) in [5.74, 6) is 1.02. The van der Waals surface area contributed by atoms with Crippen molar-refractivity contribution < 1.29 is 9.53 Å². The lowest BCUT2D eigenvalue weighted by atomic mass is 10.1. The van der Waals surface area contributed by atoms with Gasteiger partial charge in [0, 0.05) is 18.6 Å². The summed E-state index contributed by atoms with van der Waals surface area (Å²) < 4.78 is 7.23. The van der Waals surface area contributed by atoms with Crippen molar-refractivity contribution in [1.29, 1.82) is 0 Å². The van der Waals surface area contributed by atoms with Crippen molar-refractivity contribution in [3.63, 3.8) is 0 Å². The molecule has 2 heterocycles. The molecule has 0 aliphatic rings. The number of hydrogen-bond donors (Lipinski definition) is 1. The number of aryl methyl sites for hydroxylation is 2. The van der Waals surface area contributed by atoms with Crippen molar-refractivity contribution in [2.75, 3.05) is 11.9 Å². The third kappa shape index (κ3) is 3.60. The maximum absolute atomic E-state index is 12.2. The fourth-order valence-electron chi connectivity index (χ4n) is 2.26. The van der Waals surface area contributed by atoms with Crippen molar-refractivity contribution in [3.05, 3.63) is 66.1 Å². The van der Waals surface area contributed by atoms with Crippen LogP contribution in [-0.2, 0) is 4.79 Å². The Morgan fingerprint density at radius 3 is 2.88 bits per heavy atom. The number of benzene rings is 1. The van der Waals surface area contributed by atoms with Crippen LogP contribution in [0, 0.1) is 13.8 Å². The van der Waals surface area contributed by atoms with E-state index in [2.05, 4.69) is 15.4 Å². The number of hydrogen-bond acceptors (Lipinski definition) is 4. The van der Waals surface area contributed by atoms with Gasteiger partial charge in [0.15, 0.2) is 12.4 Å². The zero-order valence-electron chi connectivity index (χ0n) is 13.6. The lowest BCUT2D eigenvalue weighted by Crippen LogP contribution is -2.21. The third-order valence-electron chi connectivity index (χ3n) is 3.48. The fourth-order valence-corrected chi connectivity index (χ4v) is 2.26. The molecule has 2 aromatic heterocycles. The molecule has 0 fully saturated rings. The van der Waals surface area contributed by atoms with Crippen LogP contribution in [0.4, 0.5) is 5.69 Å². The average Bonchev–Trinajstić information content (AvgIpc) is 3.10. The Morgan fingerprint density at radius 2 is 2.08 bits per heavy atom. The number of ether oxygens (including phenoxy) is 1. The number of nitrogens with zero attached hydrogens (tertiary/aromatic N) is 3. The Kier molecular flexibility index (Phi) is 4.56. The first-order valence-electron chi connectivity index (χ1n) is 7.58. The van der Waals surface area contributed by atoms with Crippen molar-refractivity contribution in [2.24, 2.45) is 0 Å². The van der Waals surface area contributed by atoms with Crippen LogP contribution in [-0.4, -0.2) is 27.3 Å². The summed E-state index contributed by atoms with van der Waals surface area (Å²) in [4.78, 5) is 16.5. The second kappa shape index (κ2) is 6.95. The third-order valence-corrected chi connectivity index (χ3v) is 3.48. The molecule has 0 radical (unpaired) electrons. The molecule has 0 aliphatic heterocycles. The second-order valence-corrected chi connectivity index (χ2v) is 5.43. The smallest absolute Gasteiger partial charge is 0.262 e. The van der Waals surface area contributed by atoms with E-state index in [0.29, 0.717) is 17.3 Å². The molecule has 1 amide bonds. The standard InChI is InChI=1S/C18H18N4O2/c1-13-6-7-14(2)16(11-13)24-12-17(23)21-15-5-3-8-19-18(15)22-10-4-9-20-22/h3-11H,12H2,1-2H3,(H,21,23). The minimum absolute atomic E-state index is 0.0717. The van der Waals surface area contributed by atoms with Gasteiger partial charge in [-0.3, -0.25) is 4.79 Å². The van der Waals surface area contributed by atoms with Crippen LogP contribution in [0.5, 0.6) is 5.75 Å². The van der Waals surface area contributed by atoms with E-state index in [1.807, 2.05) is 32.0 Å². The Hall–Kier alpha value is -3.15. The molecular weight excluding hydrogens is 304 g/mol. The molecule has 3 rings (SSSR count). The van der Waals surface area contributed by atoms with E-state index in [0.717, 1.165) is 11.1 Å². The minimum Gasteiger partial charge on any atom is -0.483 e. The molecule has 1 N–H and O–H groups in total. The Labute approximate surface area is 140 Å². The van der Waals surface area contributed by atoms with Crippen molar-refractivity contribution in [1.82, 2.24) is 14.8 Å². The van der Waals surface area contributed by atoms with E-state index >= 15 is 0 Å². The van der Waals surface area contributed by atoms with Gasteiger partial charge in [-0.1, -0.05) is 12.1 Å². The molecule has 0 bridgehead atoms. The number of carbonyl (C=O) groups is 1. The quantitative estimate of drug-likeness (QED) is 0.784. The van der Waals surface area contributed by atoms with Gasteiger partial charge in [-0.25, -0.2) is 9.67 Å². The number of anilines is 1. The highest BCUT2D eigenvalue weighted by Gasteiger charge is 2.11. The van der Waals surface area contributed by atoms with Crippen LogP contribution in [0.3, 0.4) is 0 Å². The molecule has 3 aromatic rings. The molecule has 6 heteroatoms. The Bertz CT molecular complexity index is 844. The summed E-state index contributed by atoms with van der Waals surface area (Å²) in [5, 5.41) is 6.96. The molecule has 0 saturated carbocycles. The highest BCUT2D eigenvalue weighted by Crippen LogP contribution is 2.20. The fraction of sp³-hybridized carbons (Fsp3) is 0.167. The number of amides is 1. The van der Waals surface area contributed by atoms with Gasteiger partial charge in [0.05, 0.1) is 5.69 Å². The average molecular weight is 322 g/mol. The van der Waals surface area contributed by atoms with Gasteiger partial charge >= 0.3 is 0 Å². The van der Waals surface area contributed by atoms with Gasteiger partial charge in [0.1, 0.15) is 5.75 Å². The summed E-state index contributed by atoms with van der Waals surface area (Å²) in [6, 6.07) is 11.2. The van der Waals surface area contributed by atoms with Gasteiger partial charge in [-0.15, -0.1) is 0 Å². The molecule has 24 heavy (non-hydrogen) atoms. The van der Waals surface area contributed by atoms with E-state index in [9.17, 15) is 4.79 Å². The molecule has 0 spiro atoms. The highest BCUT2D eigenvalue weighted by atomic mass is 16.5. The number of carbonyl (C=O) groups excluding carboxylic acids is 1. The van der Waals surface area contributed by atoms with Crippen molar-refractivity contribution in [2.45, 2.75) is 13.8 Å². The monoisotopic (exact) mass is 322 g/mol. The van der Waals surface area contributed by atoms with E-state index in [1.54, 1.807) is 41.5 Å². The van der Waals surface area contributed by atoms with Gasteiger partial charge < -0.3 is 10.1 Å². The van der Waals surface area contributed by atoms with Gasteiger partial charge in [0.25, 0.3) is 5.91 Å². The molecular formula is C18H18N4O2. The van der Waals surface area contributed by atoms with Crippen LogP contribution < -0.4 is 10.1 Å². The molecule has 0 saturated heterocycles. The summed E-state index contributed by atoms with van der Waals surface area (Å²) in [6.45, 7) is 3.86. The number of rotatable bonds is 5. The van der Waals surface area contributed by atoms with E-state index in [1.165, 1.54) is 0 Å². The Balaban J connectivity index is 1.69. The minimum atomic E-state index is -0.252. The zero-order valence-corrected chi connectivity index (χ0v) is 13.6. The highest BCUT2D eigenvalue weighted by molar-refractivity contribution is 5.93.